The lowest BCUT2D eigenvalue weighted by Crippen LogP contribution is -2.30. The number of nitrogens with zero attached hydrogens (tertiary/aromatic N) is 2. The van der Waals surface area contributed by atoms with Gasteiger partial charge in [0.1, 0.15) is 5.75 Å². The number of carbonyl (C=O) groups excluding carboxylic acids is 1. The number of thioether (sulfide) groups is 1. The number of hydrogen-bond acceptors (Lipinski definition) is 7. The SMILES string of the molecule is CC(C)COc1ccc(/C=N/NC(=O)C(C)Sc2n[nH]c(=O)[nH]c2=O)cc1. The largest absolute Gasteiger partial charge is 0.493 e. The molecule has 2 aromatic rings. The molecule has 10 heteroatoms. The number of hydrazone groups is 1. The summed E-state index contributed by atoms with van der Waals surface area (Å²) in [5.41, 5.74) is 1.85. The first-order valence-electron chi connectivity index (χ1n) is 8.26. The molecule has 1 amide bonds. The van der Waals surface area contributed by atoms with Crippen molar-refractivity contribution in [3.63, 3.8) is 0 Å². The number of rotatable bonds is 8. The molecule has 27 heavy (non-hydrogen) atoms. The van der Waals surface area contributed by atoms with E-state index in [9.17, 15) is 14.4 Å². The predicted molar refractivity (Wildman–Crippen MR) is 103 cm³/mol. The molecule has 144 valence electrons. The van der Waals surface area contributed by atoms with E-state index in [0.29, 0.717) is 12.5 Å². The number of nitrogens with one attached hydrogen (secondary N) is 3. The van der Waals surface area contributed by atoms with E-state index in [2.05, 4.69) is 34.6 Å². The van der Waals surface area contributed by atoms with Gasteiger partial charge in [0.25, 0.3) is 11.5 Å². The number of benzene rings is 1. The number of carbonyl (C=O) groups is 1. The number of aromatic amines is 2. The third-order valence-electron chi connectivity index (χ3n) is 3.19. The quantitative estimate of drug-likeness (QED) is 0.351. The van der Waals surface area contributed by atoms with Gasteiger partial charge in [0.05, 0.1) is 18.1 Å². The van der Waals surface area contributed by atoms with Crippen molar-refractivity contribution in [2.75, 3.05) is 6.61 Å². The first-order chi connectivity index (χ1) is 12.8. The van der Waals surface area contributed by atoms with Crippen molar-refractivity contribution in [2.24, 2.45) is 11.0 Å². The lowest BCUT2D eigenvalue weighted by Gasteiger charge is -2.08. The third kappa shape index (κ3) is 6.74. The Morgan fingerprint density at radius 1 is 1.30 bits per heavy atom. The van der Waals surface area contributed by atoms with Crippen molar-refractivity contribution in [1.82, 2.24) is 20.6 Å². The van der Waals surface area contributed by atoms with Crippen LogP contribution in [0.5, 0.6) is 5.75 Å². The smallest absolute Gasteiger partial charge is 0.342 e. The Morgan fingerprint density at radius 3 is 2.63 bits per heavy atom. The topological polar surface area (TPSA) is 129 Å². The second-order valence-corrected chi connectivity index (χ2v) is 7.41. The fourth-order valence-electron chi connectivity index (χ4n) is 1.81. The van der Waals surface area contributed by atoms with Gasteiger partial charge in [-0.05, 0) is 42.7 Å². The summed E-state index contributed by atoms with van der Waals surface area (Å²) in [4.78, 5) is 36.6. The minimum Gasteiger partial charge on any atom is -0.493 e. The Labute approximate surface area is 159 Å². The van der Waals surface area contributed by atoms with Crippen molar-refractivity contribution in [1.29, 1.82) is 0 Å². The maximum Gasteiger partial charge on any atom is 0.342 e. The van der Waals surface area contributed by atoms with E-state index >= 15 is 0 Å². The third-order valence-corrected chi connectivity index (χ3v) is 4.26. The van der Waals surface area contributed by atoms with Crippen LogP contribution in [-0.4, -0.2) is 39.2 Å². The van der Waals surface area contributed by atoms with Crippen molar-refractivity contribution < 1.29 is 9.53 Å². The van der Waals surface area contributed by atoms with E-state index in [0.717, 1.165) is 23.1 Å². The van der Waals surface area contributed by atoms with Crippen molar-refractivity contribution >= 4 is 23.9 Å². The van der Waals surface area contributed by atoms with Crippen LogP contribution in [0.4, 0.5) is 0 Å². The van der Waals surface area contributed by atoms with Crippen LogP contribution in [-0.2, 0) is 4.79 Å². The molecule has 0 bridgehead atoms. The highest BCUT2D eigenvalue weighted by Crippen LogP contribution is 2.16. The van der Waals surface area contributed by atoms with Crippen LogP contribution in [0, 0.1) is 5.92 Å². The highest BCUT2D eigenvalue weighted by Gasteiger charge is 2.16. The monoisotopic (exact) mass is 391 g/mol. The van der Waals surface area contributed by atoms with Gasteiger partial charge in [-0.25, -0.2) is 15.3 Å². The molecule has 1 heterocycles. The first kappa shape index (κ1) is 20.4. The predicted octanol–water partition coefficient (Wildman–Crippen LogP) is 1.12. The van der Waals surface area contributed by atoms with Gasteiger partial charge in [0.2, 0.25) is 0 Å². The van der Waals surface area contributed by atoms with Gasteiger partial charge in [0.15, 0.2) is 5.03 Å². The van der Waals surface area contributed by atoms with Gasteiger partial charge in [-0.2, -0.15) is 10.2 Å². The zero-order valence-electron chi connectivity index (χ0n) is 15.2. The van der Waals surface area contributed by atoms with Crippen LogP contribution in [0.1, 0.15) is 26.3 Å². The summed E-state index contributed by atoms with van der Waals surface area (Å²) in [6.45, 7) is 6.40. The summed E-state index contributed by atoms with van der Waals surface area (Å²) < 4.78 is 5.60. The molecule has 0 aliphatic heterocycles. The highest BCUT2D eigenvalue weighted by atomic mass is 32.2. The average Bonchev–Trinajstić information content (AvgIpc) is 2.63. The normalized spacial score (nSPS) is 12.3. The van der Waals surface area contributed by atoms with Crippen LogP contribution in [0.3, 0.4) is 0 Å². The molecule has 0 saturated heterocycles. The highest BCUT2D eigenvalue weighted by molar-refractivity contribution is 8.00. The van der Waals surface area contributed by atoms with Crippen LogP contribution in [0.15, 0.2) is 44.0 Å². The van der Waals surface area contributed by atoms with Crippen LogP contribution in [0.25, 0.3) is 0 Å². The van der Waals surface area contributed by atoms with Crippen LogP contribution < -0.4 is 21.4 Å². The summed E-state index contributed by atoms with van der Waals surface area (Å²) in [6.07, 6.45) is 1.51. The van der Waals surface area contributed by atoms with Crippen molar-refractivity contribution in [3.8, 4) is 5.75 Å². The van der Waals surface area contributed by atoms with Gasteiger partial charge in [-0.15, -0.1) is 0 Å². The zero-order valence-corrected chi connectivity index (χ0v) is 16.0. The Bertz CT molecular complexity index is 905. The number of aromatic nitrogens is 3. The Balaban J connectivity index is 1.86. The second kappa shape index (κ2) is 9.72. The molecule has 9 nitrogen and oxygen atoms in total. The lowest BCUT2D eigenvalue weighted by molar-refractivity contribution is -0.120. The van der Waals surface area contributed by atoms with Crippen LogP contribution in [0.2, 0.25) is 0 Å². The van der Waals surface area contributed by atoms with E-state index in [1.165, 1.54) is 6.21 Å². The zero-order chi connectivity index (χ0) is 19.8. The number of hydrogen-bond donors (Lipinski definition) is 3. The van der Waals surface area contributed by atoms with E-state index < -0.39 is 22.4 Å². The van der Waals surface area contributed by atoms with Crippen molar-refractivity contribution in [2.45, 2.75) is 31.0 Å². The molecule has 0 spiro atoms. The standard InChI is InChI=1S/C17H21N5O4S/c1-10(2)9-26-13-6-4-12(5-7-13)8-18-20-14(23)11(3)27-16-15(24)19-17(25)22-21-16/h4-8,10-11H,9H2,1-3H3,(H,20,23)(H2,19,22,24,25)/b18-8+. The minimum absolute atomic E-state index is 0.00165. The molecule has 2 rings (SSSR count). The van der Waals surface area contributed by atoms with Crippen LogP contribution >= 0.6 is 11.8 Å². The second-order valence-electron chi connectivity index (χ2n) is 6.08. The molecule has 1 aromatic carbocycles. The Hall–Kier alpha value is -2.88. The maximum absolute atomic E-state index is 12.0. The summed E-state index contributed by atoms with van der Waals surface area (Å²) in [5.74, 6) is 0.817. The average molecular weight is 391 g/mol. The molecule has 3 N–H and O–H groups in total. The molecule has 0 saturated carbocycles. The molecule has 1 atom stereocenters. The molecular formula is C17H21N5O4S. The lowest BCUT2D eigenvalue weighted by atomic mass is 10.2. The fourth-order valence-corrected chi connectivity index (χ4v) is 2.56. The summed E-state index contributed by atoms with van der Waals surface area (Å²) in [5, 5.41) is 9.00. The molecular weight excluding hydrogens is 370 g/mol. The number of amides is 1. The van der Waals surface area contributed by atoms with Gasteiger partial charge in [-0.3, -0.25) is 14.6 Å². The minimum atomic E-state index is -0.702. The van der Waals surface area contributed by atoms with Gasteiger partial charge in [0, 0.05) is 0 Å². The van der Waals surface area contributed by atoms with Gasteiger partial charge < -0.3 is 4.74 Å². The number of ether oxygens (including phenoxy) is 1. The Kier molecular flexibility index (Phi) is 7.35. The molecule has 0 fully saturated rings. The maximum atomic E-state index is 12.0. The van der Waals surface area contributed by atoms with E-state index in [4.69, 9.17) is 4.74 Å². The molecule has 0 radical (unpaired) electrons. The molecule has 1 unspecified atom stereocenters. The molecule has 0 aliphatic rings. The Morgan fingerprint density at radius 2 is 2.00 bits per heavy atom. The fraction of sp³-hybridized carbons (Fsp3) is 0.353. The van der Waals surface area contributed by atoms with E-state index in [-0.39, 0.29) is 5.03 Å². The van der Waals surface area contributed by atoms with E-state index in [1.54, 1.807) is 6.92 Å². The van der Waals surface area contributed by atoms with Gasteiger partial charge in [-0.1, -0.05) is 25.6 Å². The summed E-state index contributed by atoms with van der Waals surface area (Å²) in [7, 11) is 0. The molecule has 1 aromatic heterocycles. The summed E-state index contributed by atoms with van der Waals surface area (Å²) >= 11 is 0.915. The van der Waals surface area contributed by atoms with E-state index in [1.807, 2.05) is 29.2 Å². The first-order valence-corrected chi connectivity index (χ1v) is 9.14. The summed E-state index contributed by atoms with van der Waals surface area (Å²) in [6, 6.07) is 7.32. The number of H-pyrrole nitrogens is 2. The van der Waals surface area contributed by atoms with Crippen molar-refractivity contribution in [3.05, 3.63) is 50.7 Å². The molecule has 0 aliphatic carbocycles. The van der Waals surface area contributed by atoms with Gasteiger partial charge >= 0.3 is 5.69 Å².